The molecule has 3 rings (SSSR count). The number of para-hydroxylation sites is 2. The van der Waals surface area contributed by atoms with Crippen LogP contribution < -0.4 is 15.4 Å². The zero-order valence-electron chi connectivity index (χ0n) is 17.7. The van der Waals surface area contributed by atoms with Crippen molar-refractivity contribution in [2.24, 2.45) is 0 Å². The molecule has 0 fully saturated rings. The third kappa shape index (κ3) is 5.11. The SMILES string of the molecule is CCn1c(SCC(=O)Nc2nc(C)c(C)s2)nnc1[C@@H](C)Nc1ccccc1OC. The molecule has 0 aliphatic rings. The number of thioether (sulfide) groups is 1. The van der Waals surface area contributed by atoms with Gasteiger partial charge in [0.1, 0.15) is 5.75 Å². The highest BCUT2D eigenvalue weighted by atomic mass is 32.2. The van der Waals surface area contributed by atoms with Crippen LogP contribution in [0.15, 0.2) is 29.4 Å². The Labute approximate surface area is 184 Å². The van der Waals surface area contributed by atoms with E-state index in [0.29, 0.717) is 16.8 Å². The molecule has 0 aliphatic heterocycles. The van der Waals surface area contributed by atoms with Crippen LogP contribution in [0.5, 0.6) is 5.75 Å². The fraction of sp³-hybridized carbons (Fsp3) is 0.400. The van der Waals surface area contributed by atoms with E-state index >= 15 is 0 Å². The zero-order valence-corrected chi connectivity index (χ0v) is 19.4. The van der Waals surface area contributed by atoms with Crippen molar-refractivity contribution in [3.8, 4) is 5.75 Å². The minimum atomic E-state index is -0.110. The number of ether oxygens (including phenoxy) is 1. The number of aromatic nitrogens is 4. The van der Waals surface area contributed by atoms with Gasteiger partial charge in [-0.05, 0) is 39.8 Å². The summed E-state index contributed by atoms with van der Waals surface area (Å²) in [4.78, 5) is 17.8. The van der Waals surface area contributed by atoms with Crippen molar-refractivity contribution >= 4 is 39.8 Å². The van der Waals surface area contributed by atoms with Gasteiger partial charge in [-0.25, -0.2) is 4.98 Å². The minimum absolute atomic E-state index is 0.0850. The Bertz CT molecular complexity index is 997. The van der Waals surface area contributed by atoms with Crippen molar-refractivity contribution in [3.05, 3.63) is 40.7 Å². The fourth-order valence-electron chi connectivity index (χ4n) is 2.90. The number of hydrogen-bond donors (Lipinski definition) is 2. The second kappa shape index (κ2) is 9.94. The van der Waals surface area contributed by atoms with Gasteiger partial charge < -0.3 is 19.9 Å². The molecule has 3 aromatic rings. The van der Waals surface area contributed by atoms with Crippen molar-refractivity contribution < 1.29 is 9.53 Å². The van der Waals surface area contributed by atoms with Gasteiger partial charge in [-0.1, -0.05) is 23.9 Å². The summed E-state index contributed by atoms with van der Waals surface area (Å²) in [6.45, 7) is 8.69. The summed E-state index contributed by atoms with van der Waals surface area (Å²) >= 11 is 2.84. The monoisotopic (exact) mass is 446 g/mol. The van der Waals surface area contributed by atoms with Crippen LogP contribution in [0.25, 0.3) is 0 Å². The number of carbonyl (C=O) groups is 1. The summed E-state index contributed by atoms with van der Waals surface area (Å²) in [7, 11) is 1.65. The van der Waals surface area contributed by atoms with Gasteiger partial charge in [0.2, 0.25) is 5.91 Å². The smallest absolute Gasteiger partial charge is 0.236 e. The standard InChI is InChI=1S/C20H26N6O2S2/c1-6-26-18(13(3)21-15-9-7-8-10-16(15)28-5)24-25-20(26)29-11-17(27)23-19-22-12(2)14(4)30-19/h7-10,13,21H,6,11H2,1-5H3,(H,22,23,27)/t13-/m1/s1. The molecule has 0 aliphatic carbocycles. The molecule has 8 nitrogen and oxygen atoms in total. The quantitative estimate of drug-likeness (QED) is 0.474. The van der Waals surface area contributed by atoms with Gasteiger partial charge in [0.05, 0.1) is 30.3 Å². The van der Waals surface area contributed by atoms with Crippen LogP contribution in [-0.4, -0.2) is 38.5 Å². The van der Waals surface area contributed by atoms with Crippen LogP contribution in [0.1, 0.15) is 36.3 Å². The summed E-state index contributed by atoms with van der Waals surface area (Å²) in [5.41, 5.74) is 1.83. The lowest BCUT2D eigenvalue weighted by atomic mass is 10.2. The van der Waals surface area contributed by atoms with E-state index < -0.39 is 0 Å². The van der Waals surface area contributed by atoms with Gasteiger partial charge >= 0.3 is 0 Å². The van der Waals surface area contributed by atoms with Crippen molar-refractivity contribution in [2.75, 3.05) is 23.5 Å². The molecule has 160 valence electrons. The lowest BCUT2D eigenvalue weighted by molar-refractivity contribution is -0.113. The maximum atomic E-state index is 12.3. The van der Waals surface area contributed by atoms with Crippen molar-refractivity contribution in [2.45, 2.75) is 45.4 Å². The van der Waals surface area contributed by atoms with Crippen molar-refractivity contribution in [1.29, 1.82) is 0 Å². The van der Waals surface area contributed by atoms with Gasteiger partial charge in [-0.15, -0.1) is 21.5 Å². The molecule has 0 bridgehead atoms. The molecule has 0 radical (unpaired) electrons. The molecule has 1 amide bonds. The van der Waals surface area contributed by atoms with Crippen LogP contribution in [0.3, 0.4) is 0 Å². The van der Waals surface area contributed by atoms with Crippen molar-refractivity contribution in [3.63, 3.8) is 0 Å². The first-order valence-corrected chi connectivity index (χ1v) is 11.4. The maximum Gasteiger partial charge on any atom is 0.236 e. The molecule has 2 aromatic heterocycles. The second-order valence-electron chi connectivity index (χ2n) is 6.65. The van der Waals surface area contributed by atoms with Crippen LogP contribution in [0, 0.1) is 13.8 Å². The Morgan fingerprint density at radius 2 is 2.07 bits per heavy atom. The molecule has 30 heavy (non-hydrogen) atoms. The molecule has 0 saturated carbocycles. The maximum absolute atomic E-state index is 12.3. The molecule has 0 unspecified atom stereocenters. The molecule has 1 atom stereocenters. The van der Waals surface area contributed by atoms with E-state index in [1.807, 2.05) is 56.5 Å². The summed E-state index contributed by atoms with van der Waals surface area (Å²) in [5, 5.41) is 16.3. The number of methoxy groups -OCH3 is 1. The topological polar surface area (TPSA) is 94.0 Å². The third-order valence-electron chi connectivity index (χ3n) is 4.54. The van der Waals surface area contributed by atoms with Crippen LogP contribution >= 0.6 is 23.1 Å². The number of aryl methyl sites for hydroxylation is 2. The molecule has 2 heterocycles. The van der Waals surface area contributed by atoms with Crippen LogP contribution in [0.4, 0.5) is 10.8 Å². The Hall–Kier alpha value is -2.59. The largest absolute Gasteiger partial charge is 0.495 e. The third-order valence-corrected chi connectivity index (χ3v) is 6.49. The highest BCUT2D eigenvalue weighted by Gasteiger charge is 2.19. The van der Waals surface area contributed by atoms with Crippen molar-refractivity contribution in [1.82, 2.24) is 19.7 Å². The van der Waals surface area contributed by atoms with E-state index in [0.717, 1.165) is 27.8 Å². The Morgan fingerprint density at radius 3 is 2.73 bits per heavy atom. The van der Waals surface area contributed by atoms with Gasteiger partial charge in [0, 0.05) is 11.4 Å². The number of anilines is 2. The lowest BCUT2D eigenvalue weighted by Crippen LogP contribution is -2.16. The second-order valence-corrected chi connectivity index (χ2v) is 8.79. The van der Waals surface area contributed by atoms with E-state index in [-0.39, 0.29) is 17.7 Å². The van der Waals surface area contributed by atoms with E-state index in [9.17, 15) is 4.79 Å². The molecule has 0 spiro atoms. The fourth-order valence-corrected chi connectivity index (χ4v) is 4.54. The first kappa shape index (κ1) is 22.1. The van der Waals surface area contributed by atoms with Gasteiger partial charge in [0.25, 0.3) is 0 Å². The number of hydrogen-bond acceptors (Lipinski definition) is 8. The first-order chi connectivity index (χ1) is 14.4. The average Bonchev–Trinajstić information content (AvgIpc) is 3.28. The van der Waals surface area contributed by atoms with Crippen LogP contribution in [0.2, 0.25) is 0 Å². The van der Waals surface area contributed by atoms with E-state index in [4.69, 9.17) is 4.74 Å². The summed E-state index contributed by atoms with van der Waals surface area (Å²) in [6, 6.07) is 7.66. The molecule has 10 heteroatoms. The summed E-state index contributed by atoms with van der Waals surface area (Å²) in [6.07, 6.45) is 0. The number of nitrogens with zero attached hydrogens (tertiary/aromatic N) is 4. The number of benzene rings is 1. The number of thiazole rings is 1. The predicted octanol–water partition coefficient (Wildman–Crippen LogP) is 4.28. The summed E-state index contributed by atoms with van der Waals surface area (Å²) < 4.78 is 7.42. The molecule has 0 saturated heterocycles. The molecule has 1 aromatic carbocycles. The summed E-state index contributed by atoms with van der Waals surface area (Å²) in [5.74, 6) is 1.70. The molecular formula is C20H26N6O2S2. The number of carbonyl (C=O) groups excluding carboxylic acids is 1. The van der Waals surface area contributed by atoms with E-state index in [1.165, 1.54) is 23.1 Å². The van der Waals surface area contributed by atoms with Gasteiger partial charge in [-0.3, -0.25) is 4.79 Å². The Morgan fingerprint density at radius 1 is 1.30 bits per heavy atom. The van der Waals surface area contributed by atoms with Gasteiger partial charge in [-0.2, -0.15) is 0 Å². The average molecular weight is 447 g/mol. The lowest BCUT2D eigenvalue weighted by Gasteiger charge is -2.18. The van der Waals surface area contributed by atoms with Gasteiger partial charge in [0.15, 0.2) is 16.1 Å². The normalized spacial score (nSPS) is 11.9. The number of amides is 1. The van der Waals surface area contributed by atoms with E-state index in [2.05, 4.69) is 25.8 Å². The van der Waals surface area contributed by atoms with E-state index in [1.54, 1.807) is 7.11 Å². The molecular weight excluding hydrogens is 420 g/mol. The highest BCUT2D eigenvalue weighted by Crippen LogP contribution is 2.29. The molecule has 2 N–H and O–H groups in total. The Balaban J connectivity index is 1.65. The predicted molar refractivity (Wildman–Crippen MR) is 122 cm³/mol. The first-order valence-electron chi connectivity index (χ1n) is 9.62. The number of nitrogens with one attached hydrogen (secondary N) is 2. The minimum Gasteiger partial charge on any atom is -0.495 e. The highest BCUT2D eigenvalue weighted by molar-refractivity contribution is 7.99. The van der Waals surface area contributed by atoms with Crippen LogP contribution in [-0.2, 0) is 11.3 Å². The number of rotatable bonds is 9. The Kier molecular flexibility index (Phi) is 7.33. The zero-order chi connectivity index (χ0) is 21.7.